The van der Waals surface area contributed by atoms with Gasteiger partial charge in [0, 0.05) is 25.1 Å². The summed E-state index contributed by atoms with van der Waals surface area (Å²) >= 11 is 0. The lowest BCUT2D eigenvalue weighted by Gasteiger charge is -2.19. The zero-order chi connectivity index (χ0) is 15.0. The van der Waals surface area contributed by atoms with Crippen LogP contribution in [0, 0.1) is 11.8 Å². The molecule has 0 bridgehead atoms. The molecule has 0 spiro atoms. The first-order valence-electron chi connectivity index (χ1n) is 6.65. The minimum atomic E-state index is -0.472. The molecule has 1 aromatic carbocycles. The SMILES string of the molecule is CC(C)(C)OC(=O)NCCC#Cc1ccc(CN)cc1. The van der Waals surface area contributed by atoms with E-state index in [9.17, 15) is 4.79 Å². The molecular weight excluding hydrogens is 252 g/mol. The Kier molecular flexibility index (Phi) is 6.08. The standard InChI is InChI=1S/C16H22N2O2/c1-16(2,3)20-15(19)18-11-5-4-6-13-7-9-14(12-17)10-8-13/h7-10H,5,11-12,17H2,1-3H3,(H,18,19). The largest absolute Gasteiger partial charge is 0.444 e. The highest BCUT2D eigenvalue weighted by Crippen LogP contribution is 2.06. The highest BCUT2D eigenvalue weighted by molar-refractivity contribution is 5.67. The van der Waals surface area contributed by atoms with Crippen LogP contribution in [0.2, 0.25) is 0 Å². The van der Waals surface area contributed by atoms with Gasteiger partial charge in [-0.15, -0.1) is 0 Å². The molecule has 1 rings (SSSR count). The highest BCUT2D eigenvalue weighted by Gasteiger charge is 2.15. The summed E-state index contributed by atoms with van der Waals surface area (Å²) in [6.45, 7) is 6.50. The van der Waals surface area contributed by atoms with E-state index in [4.69, 9.17) is 10.5 Å². The van der Waals surface area contributed by atoms with Gasteiger partial charge in [-0.2, -0.15) is 0 Å². The molecule has 0 fully saturated rings. The van der Waals surface area contributed by atoms with Crippen molar-refractivity contribution in [2.24, 2.45) is 5.73 Å². The number of carbonyl (C=O) groups is 1. The second-order valence-corrected chi connectivity index (χ2v) is 5.38. The van der Waals surface area contributed by atoms with Gasteiger partial charge in [-0.25, -0.2) is 4.79 Å². The summed E-state index contributed by atoms with van der Waals surface area (Å²) in [5, 5.41) is 2.66. The fraction of sp³-hybridized carbons (Fsp3) is 0.438. The lowest BCUT2D eigenvalue weighted by Crippen LogP contribution is -2.32. The van der Waals surface area contributed by atoms with Gasteiger partial charge in [0.2, 0.25) is 0 Å². The number of nitrogens with one attached hydrogen (secondary N) is 1. The molecular formula is C16H22N2O2. The van der Waals surface area contributed by atoms with Crippen molar-refractivity contribution < 1.29 is 9.53 Å². The number of amides is 1. The van der Waals surface area contributed by atoms with E-state index in [2.05, 4.69) is 17.2 Å². The maximum absolute atomic E-state index is 11.4. The van der Waals surface area contributed by atoms with E-state index in [1.54, 1.807) is 0 Å². The van der Waals surface area contributed by atoms with Crippen LogP contribution in [-0.2, 0) is 11.3 Å². The van der Waals surface area contributed by atoms with Crippen LogP contribution in [0.5, 0.6) is 0 Å². The van der Waals surface area contributed by atoms with E-state index in [1.807, 2.05) is 45.0 Å². The van der Waals surface area contributed by atoms with Gasteiger partial charge < -0.3 is 15.8 Å². The molecule has 3 N–H and O–H groups in total. The number of ether oxygens (including phenoxy) is 1. The molecule has 0 heterocycles. The molecule has 0 radical (unpaired) electrons. The van der Waals surface area contributed by atoms with Crippen LogP contribution in [0.4, 0.5) is 4.79 Å². The van der Waals surface area contributed by atoms with E-state index in [-0.39, 0.29) is 0 Å². The summed E-state index contributed by atoms with van der Waals surface area (Å²) in [5.74, 6) is 6.04. The first kappa shape index (κ1) is 16.1. The Balaban J connectivity index is 2.30. The Bertz CT molecular complexity index is 490. The fourth-order valence-electron chi connectivity index (χ4n) is 1.43. The minimum Gasteiger partial charge on any atom is -0.444 e. The highest BCUT2D eigenvalue weighted by atomic mass is 16.6. The Morgan fingerprint density at radius 2 is 1.95 bits per heavy atom. The molecule has 1 aromatic rings. The number of benzene rings is 1. The normalized spacial score (nSPS) is 10.4. The van der Waals surface area contributed by atoms with Crippen molar-refractivity contribution in [3.8, 4) is 11.8 Å². The lowest BCUT2D eigenvalue weighted by molar-refractivity contribution is 0.0529. The van der Waals surface area contributed by atoms with Crippen LogP contribution >= 0.6 is 0 Å². The molecule has 0 aliphatic carbocycles. The van der Waals surface area contributed by atoms with E-state index in [1.165, 1.54) is 0 Å². The number of alkyl carbamates (subject to hydrolysis) is 1. The van der Waals surface area contributed by atoms with Gasteiger partial charge in [0.1, 0.15) is 5.60 Å². The summed E-state index contributed by atoms with van der Waals surface area (Å²) in [5.41, 5.74) is 7.08. The lowest BCUT2D eigenvalue weighted by atomic mass is 10.1. The van der Waals surface area contributed by atoms with Crippen LogP contribution in [0.25, 0.3) is 0 Å². The van der Waals surface area contributed by atoms with Gasteiger partial charge in [0.05, 0.1) is 0 Å². The third-order valence-electron chi connectivity index (χ3n) is 2.34. The molecule has 108 valence electrons. The predicted molar refractivity (Wildman–Crippen MR) is 80.1 cm³/mol. The van der Waals surface area contributed by atoms with Crippen molar-refractivity contribution in [1.29, 1.82) is 0 Å². The topological polar surface area (TPSA) is 64.3 Å². The first-order valence-corrected chi connectivity index (χ1v) is 6.65. The van der Waals surface area contributed by atoms with Crippen LogP contribution in [0.1, 0.15) is 38.3 Å². The summed E-state index contributed by atoms with van der Waals surface area (Å²) in [4.78, 5) is 11.4. The molecule has 20 heavy (non-hydrogen) atoms. The zero-order valence-corrected chi connectivity index (χ0v) is 12.3. The van der Waals surface area contributed by atoms with Crippen LogP contribution in [-0.4, -0.2) is 18.2 Å². The van der Waals surface area contributed by atoms with E-state index in [0.717, 1.165) is 11.1 Å². The third-order valence-corrected chi connectivity index (χ3v) is 2.34. The molecule has 0 saturated carbocycles. The minimum absolute atomic E-state index is 0.411. The van der Waals surface area contributed by atoms with E-state index < -0.39 is 11.7 Å². The van der Waals surface area contributed by atoms with E-state index in [0.29, 0.717) is 19.5 Å². The molecule has 0 aliphatic rings. The summed E-state index contributed by atoms with van der Waals surface area (Å²) in [7, 11) is 0. The predicted octanol–water partition coefficient (Wildman–Crippen LogP) is 2.41. The summed E-state index contributed by atoms with van der Waals surface area (Å²) in [6.07, 6.45) is 0.171. The van der Waals surface area contributed by atoms with Crippen molar-refractivity contribution in [3.05, 3.63) is 35.4 Å². The van der Waals surface area contributed by atoms with Crippen molar-refractivity contribution in [2.45, 2.75) is 39.3 Å². The first-order chi connectivity index (χ1) is 9.40. The molecule has 0 aliphatic heterocycles. The average molecular weight is 274 g/mol. The Hall–Kier alpha value is -1.99. The smallest absolute Gasteiger partial charge is 0.407 e. The molecule has 0 saturated heterocycles. The molecule has 1 amide bonds. The van der Waals surface area contributed by atoms with Gasteiger partial charge in [0.25, 0.3) is 0 Å². The number of nitrogens with two attached hydrogens (primary N) is 1. The molecule has 0 atom stereocenters. The van der Waals surface area contributed by atoms with Crippen LogP contribution < -0.4 is 11.1 Å². The summed E-state index contributed by atoms with van der Waals surface area (Å²) in [6, 6.07) is 7.80. The fourth-order valence-corrected chi connectivity index (χ4v) is 1.43. The Morgan fingerprint density at radius 3 is 2.50 bits per heavy atom. The third kappa shape index (κ3) is 6.81. The average Bonchev–Trinajstić information content (AvgIpc) is 2.37. The van der Waals surface area contributed by atoms with Gasteiger partial charge in [-0.1, -0.05) is 24.0 Å². The van der Waals surface area contributed by atoms with Crippen LogP contribution in [0.15, 0.2) is 24.3 Å². The molecule has 4 nitrogen and oxygen atoms in total. The number of carbonyl (C=O) groups excluding carboxylic acids is 1. The molecule has 4 heteroatoms. The Labute approximate surface area is 120 Å². The van der Waals surface area contributed by atoms with Gasteiger partial charge >= 0.3 is 6.09 Å². The molecule has 0 unspecified atom stereocenters. The number of hydrogen-bond donors (Lipinski definition) is 2. The van der Waals surface area contributed by atoms with Gasteiger partial charge in [-0.05, 0) is 38.5 Å². The summed E-state index contributed by atoms with van der Waals surface area (Å²) < 4.78 is 5.12. The van der Waals surface area contributed by atoms with Crippen molar-refractivity contribution in [3.63, 3.8) is 0 Å². The van der Waals surface area contributed by atoms with E-state index >= 15 is 0 Å². The Morgan fingerprint density at radius 1 is 1.30 bits per heavy atom. The van der Waals surface area contributed by atoms with Gasteiger partial charge in [-0.3, -0.25) is 0 Å². The monoisotopic (exact) mass is 274 g/mol. The maximum Gasteiger partial charge on any atom is 0.407 e. The van der Waals surface area contributed by atoms with Crippen molar-refractivity contribution >= 4 is 6.09 Å². The zero-order valence-electron chi connectivity index (χ0n) is 12.3. The second kappa shape index (κ2) is 7.56. The maximum atomic E-state index is 11.4. The number of hydrogen-bond acceptors (Lipinski definition) is 3. The van der Waals surface area contributed by atoms with Crippen molar-refractivity contribution in [1.82, 2.24) is 5.32 Å². The second-order valence-electron chi connectivity index (χ2n) is 5.38. The quantitative estimate of drug-likeness (QED) is 0.657. The van der Waals surface area contributed by atoms with Crippen LogP contribution in [0.3, 0.4) is 0 Å². The molecule has 0 aromatic heterocycles. The van der Waals surface area contributed by atoms with Gasteiger partial charge in [0.15, 0.2) is 0 Å². The van der Waals surface area contributed by atoms with Crippen molar-refractivity contribution in [2.75, 3.05) is 6.54 Å². The number of rotatable bonds is 3.